The normalized spacial score (nSPS) is 13.2. The number of fused-ring (bicyclic) bond motifs is 1. The summed E-state index contributed by atoms with van der Waals surface area (Å²) in [5.74, 6) is 0.288. The van der Waals surface area contributed by atoms with Crippen LogP contribution in [0, 0.1) is 0 Å². The van der Waals surface area contributed by atoms with Crippen molar-refractivity contribution in [3.8, 4) is 0 Å². The number of nitrogens with one attached hydrogen (secondary N) is 1. The van der Waals surface area contributed by atoms with Gasteiger partial charge < -0.3 is 10.2 Å². The van der Waals surface area contributed by atoms with E-state index < -0.39 is 0 Å². The highest BCUT2D eigenvalue weighted by Crippen LogP contribution is 2.35. The van der Waals surface area contributed by atoms with Crippen LogP contribution in [-0.4, -0.2) is 39.4 Å². The van der Waals surface area contributed by atoms with Gasteiger partial charge in [-0.25, -0.2) is 4.98 Å². The molecule has 1 aromatic heterocycles. The Labute approximate surface area is 197 Å². The second-order valence-corrected chi connectivity index (χ2v) is 8.58. The fourth-order valence-corrected chi connectivity index (χ4v) is 4.24. The van der Waals surface area contributed by atoms with Gasteiger partial charge in [0.25, 0.3) is 11.5 Å². The van der Waals surface area contributed by atoms with Crippen LogP contribution in [0.15, 0.2) is 47.3 Å². The number of nitrogens with zero attached hydrogens (tertiary/aromatic N) is 3. The Morgan fingerprint density at radius 2 is 1.88 bits per heavy atom. The Kier molecular flexibility index (Phi) is 6.79. The maximum Gasteiger partial charge on any atom is 0.261 e. The molecule has 7 nitrogen and oxygen atoms in total. The number of carbonyl (C=O) groups is 2. The number of anilines is 1. The lowest BCUT2D eigenvalue weighted by Gasteiger charge is -2.19. The van der Waals surface area contributed by atoms with E-state index >= 15 is 0 Å². The molecule has 1 N–H and O–H groups in total. The van der Waals surface area contributed by atoms with Crippen molar-refractivity contribution in [2.75, 3.05) is 18.4 Å². The molecule has 0 unspecified atom stereocenters. The number of carbonyl (C=O) groups excluding carboxylic acids is 2. The van der Waals surface area contributed by atoms with E-state index in [0.29, 0.717) is 52.5 Å². The quantitative estimate of drug-likeness (QED) is 0.532. The molecule has 1 aliphatic carbocycles. The first-order valence-corrected chi connectivity index (χ1v) is 11.7. The van der Waals surface area contributed by atoms with E-state index in [4.69, 9.17) is 11.6 Å². The zero-order valence-electron chi connectivity index (χ0n) is 18.8. The van der Waals surface area contributed by atoms with Crippen LogP contribution < -0.4 is 10.9 Å². The number of hydrogen-bond donors (Lipinski definition) is 1. The van der Waals surface area contributed by atoms with Crippen molar-refractivity contribution in [3.05, 3.63) is 69.2 Å². The number of benzene rings is 2. The van der Waals surface area contributed by atoms with E-state index in [1.54, 1.807) is 33.7 Å². The molecule has 0 spiro atoms. The molecule has 0 atom stereocenters. The minimum atomic E-state index is -0.210. The van der Waals surface area contributed by atoms with E-state index in [0.717, 1.165) is 12.8 Å². The number of rotatable bonds is 8. The van der Waals surface area contributed by atoms with Crippen molar-refractivity contribution < 1.29 is 9.59 Å². The molecule has 3 aromatic rings. The first-order valence-electron chi connectivity index (χ1n) is 11.3. The highest BCUT2D eigenvalue weighted by molar-refractivity contribution is 6.34. The van der Waals surface area contributed by atoms with Gasteiger partial charge in [0.1, 0.15) is 5.82 Å². The monoisotopic (exact) mass is 466 g/mol. The first-order chi connectivity index (χ1) is 15.9. The third-order valence-corrected chi connectivity index (χ3v) is 6.22. The molecule has 0 bridgehead atoms. The van der Waals surface area contributed by atoms with Crippen LogP contribution in [0.2, 0.25) is 5.02 Å². The summed E-state index contributed by atoms with van der Waals surface area (Å²) in [5.41, 5.74) is 1.54. The molecular formula is C25H27ClN4O3. The van der Waals surface area contributed by atoms with E-state index in [1.807, 2.05) is 32.0 Å². The molecule has 2 amide bonds. The smallest absolute Gasteiger partial charge is 0.261 e. The summed E-state index contributed by atoms with van der Waals surface area (Å²) in [6.45, 7) is 5.02. The Hall–Kier alpha value is -3.19. The van der Waals surface area contributed by atoms with Gasteiger partial charge in [0.2, 0.25) is 5.91 Å². The lowest BCUT2D eigenvalue weighted by Crippen LogP contribution is -2.30. The zero-order chi connectivity index (χ0) is 23.5. The third kappa shape index (κ3) is 4.93. The summed E-state index contributed by atoms with van der Waals surface area (Å²) in [5, 5.41) is 3.73. The van der Waals surface area contributed by atoms with Crippen molar-refractivity contribution in [1.29, 1.82) is 0 Å². The van der Waals surface area contributed by atoms with Gasteiger partial charge in [-0.05, 0) is 57.0 Å². The molecular weight excluding hydrogens is 440 g/mol. The maximum atomic E-state index is 13.0. The van der Waals surface area contributed by atoms with E-state index in [9.17, 15) is 14.4 Å². The van der Waals surface area contributed by atoms with Gasteiger partial charge in [-0.3, -0.25) is 19.0 Å². The number of hydrogen-bond acceptors (Lipinski definition) is 4. The van der Waals surface area contributed by atoms with Crippen LogP contribution in [-0.2, 0) is 11.2 Å². The SMILES string of the molecule is CCN(CC)C(=O)c1ccc(NC(=O)CCc2nc3ccccc3c(=O)n2C2CC2)cc1Cl. The van der Waals surface area contributed by atoms with Crippen molar-refractivity contribution >= 4 is 40.0 Å². The minimum Gasteiger partial charge on any atom is -0.339 e. The number of amides is 2. The van der Waals surface area contributed by atoms with Gasteiger partial charge in [-0.1, -0.05) is 23.7 Å². The van der Waals surface area contributed by atoms with Crippen molar-refractivity contribution in [1.82, 2.24) is 14.5 Å². The summed E-state index contributed by atoms with van der Waals surface area (Å²) in [6.07, 6.45) is 2.44. The highest BCUT2D eigenvalue weighted by atomic mass is 35.5. The van der Waals surface area contributed by atoms with Crippen LogP contribution in [0.25, 0.3) is 10.9 Å². The Morgan fingerprint density at radius 3 is 2.55 bits per heavy atom. The van der Waals surface area contributed by atoms with Crippen molar-refractivity contribution in [2.24, 2.45) is 0 Å². The molecule has 0 radical (unpaired) electrons. The molecule has 33 heavy (non-hydrogen) atoms. The molecule has 1 fully saturated rings. The van der Waals surface area contributed by atoms with Gasteiger partial charge in [0, 0.05) is 37.7 Å². The van der Waals surface area contributed by atoms with Gasteiger partial charge in [0.05, 0.1) is 21.5 Å². The standard InChI is InChI=1S/C25H27ClN4O3/c1-3-29(4-2)24(32)18-12-9-16(15-20(18)26)27-23(31)14-13-22-28-21-8-6-5-7-19(21)25(33)30(22)17-10-11-17/h5-9,12,15,17H,3-4,10-11,13-14H2,1-2H3,(H,27,31). The van der Waals surface area contributed by atoms with Crippen LogP contribution in [0.3, 0.4) is 0 Å². The highest BCUT2D eigenvalue weighted by Gasteiger charge is 2.28. The lowest BCUT2D eigenvalue weighted by atomic mass is 10.1. The largest absolute Gasteiger partial charge is 0.339 e. The van der Waals surface area contributed by atoms with Crippen LogP contribution in [0.5, 0.6) is 0 Å². The summed E-state index contributed by atoms with van der Waals surface area (Å²) in [6, 6.07) is 12.4. The first kappa shape index (κ1) is 23.0. The second kappa shape index (κ2) is 9.75. The Bertz CT molecular complexity index is 1260. The molecule has 1 saturated carbocycles. The summed E-state index contributed by atoms with van der Waals surface area (Å²) < 4.78 is 1.75. The number of aromatic nitrogens is 2. The maximum absolute atomic E-state index is 13.0. The van der Waals surface area contributed by atoms with Gasteiger partial charge >= 0.3 is 0 Å². The van der Waals surface area contributed by atoms with Crippen molar-refractivity contribution in [3.63, 3.8) is 0 Å². The molecule has 2 aromatic carbocycles. The zero-order valence-corrected chi connectivity index (χ0v) is 19.6. The molecule has 0 aliphatic heterocycles. The molecule has 8 heteroatoms. The summed E-state index contributed by atoms with van der Waals surface area (Å²) >= 11 is 6.33. The molecule has 0 saturated heterocycles. The number of para-hydroxylation sites is 1. The summed E-state index contributed by atoms with van der Waals surface area (Å²) in [7, 11) is 0. The van der Waals surface area contributed by atoms with E-state index in [1.165, 1.54) is 0 Å². The number of aryl methyl sites for hydroxylation is 1. The van der Waals surface area contributed by atoms with Crippen molar-refractivity contribution in [2.45, 2.75) is 45.6 Å². The third-order valence-electron chi connectivity index (χ3n) is 5.90. The summed E-state index contributed by atoms with van der Waals surface area (Å²) in [4.78, 5) is 44.5. The van der Waals surface area contributed by atoms with Gasteiger partial charge in [-0.2, -0.15) is 0 Å². The second-order valence-electron chi connectivity index (χ2n) is 8.17. The van der Waals surface area contributed by atoms with Gasteiger partial charge in [-0.15, -0.1) is 0 Å². The van der Waals surface area contributed by atoms with E-state index in [-0.39, 0.29) is 29.8 Å². The van der Waals surface area contributed by atoms with E-state index in [2.05, 4.69) is 10.3 Å². The van der Waals surface area contributed by atoms with Crippen LogP contribution in [0.4, 0.5) is 5.69 Å². The fraction of sp³-hybridized carbons (Fsp3) is 0.360. The van der Waals surface area contributed by atoms with Crippen LogP contribution >= 0.6 is 11.6 Å². The van der Waals surface area contributed by atoms with Crippen LogP contribution in [0.1, 0.15) is 55.3 Å². The average molecular weight is 467 g/mol. The van der Waals surface area contributed by atoms with Gasteiger partial charge in [0.15, 0.2) is 0 Å². The molecule has 1 aliphatic rings. The predicted molar refractivity (Wildman–Crippen MR) is 130 cm³/mol. The molecule has 172 valence electrons. The Balaban J connectivity index is 1.47. The lowest BCUT2D eigenvalue weighted by molar-refractivity contribution is -0.116. The molecule has 4 rings (SSSR count). The Morgan fingerprint density at radius 1 is 1.15 bits per heavy atom. The predicted octanol–water partition coefficient (Wildman–Crippen LogP) is 4.44. The minimum absolute atomic E-state index is 0.0428. The number of halogens is 1. The molecule has 1 heterocycles. The average Bonchev–Trinajstić information content (AvgIpc) is 3.63. The topological polar surface area (TPSA) is 84.3 Å². The fourth-order valence-electron chi connectivity index (χ4n) is 3.97.